The van der Waals surface area contributed by atoms with Crippen LogP contribution >= 0.6 is 0 Å². The van der Waals surface area contributed by atoms with Crippen LogP contribution in [0.3, 0.4) is 0 Å². The SMILES string of the molecule is NC(=O)c1ccnc(N2CCc3c(N)cccc3C2)c1. The van der Waals surface area contributed by atoms with E-state index < -0.39 is 5.91 Å². The maximum atomic E-state index is 11.2. The molecule has 1 aromatic heterocycles. The fourth-order valence-electron chi connectivity index (χ4n) is 2.58. The highest BCUT2D eigenvalue weighted by Gasteiger charge is 2.19. The summed E-state index contributed by atoms with van der Waals surface area (Å²) < 4.78 is 0. The van der Waals surface area contributed by atoms with Crippen molar-refractivity contribution in [2.75, 3.05) is 17.2 Å². The van der Waals surface area contributed by atoms with Crippen LogP contribution in [0.2, 0.25) is 0 Å². The second-order valence-electron chi connectivity index (χ2n) is 4.92. The van der Waals surface area contributed by atoms with E-state index in [1.807, 2.05) is 12.1 Å². The lowest BCUT2D eigenvalue weighted by Crippen LogP contribution is -2.31. The molecule has 1 aliphatic rings. The normalized spacial score (nSPS) is 13.9. The van der Waals surface area contributed by atoms with Gasteiger partial charge in [0.1, 0.15) is 5.82 Å². The fourth-order valence-corrected chi connectivity index (χ4v) is 2.58. The number of pyridine rings is 1. The Morgan fingerprint density at radius 1 is 1.30 bits per heavy atom. The standard InChI is InChI=1S/C15H16N4O/c16-13-3-1-2-11-9-19(7-5-12(11)13)14-8-10(15(17)20)4-6-18-14/h1-4,6,8H,5,7,9,16H2,(H2,17,20). The van der Waals surface area contributed by atoms with Gasteiger partial charge in [-0.3, -0.25) is 4.79 Å². The molecule has 0 spiro atoms. The summed E-state index contributed by atoms with van der Waals surface area (Å²) in [6.45, 7) is 1.58. The van der Waals surface area contributed by atoms with Gasteiger partial charge in [0.25, 0.3) is 0 Å². The molecule has 1 amide bonds. The van der Waals surface area contributed by atoms with Gasteiger partial charge in [0.05, 0.1) is 0 Å². The summed E-state index contributed by atoms with van der Waals surface area (Å²) in [6.07, 6.45) is 2.49. The molecule has 2 aromatic rings. The zero-order valence-electron chi connectivity index (χ0n) is 11.0. The molecule has 5 heteroatoms. The van der Waals surface area contributed by atoms with Crippen LogP contribution in [0.25, 0.3) is 0 Å². The minimum absolute atomic E-state index is 0.435. The highest BCUT2D eigenvalue weighted by molar-refractivity contribution is 5.93. The first kappa shape index (κ1) is 12.5. The summed E-state index contributed by atoms with van der Waals surface area (Å²) in [7, 11) is 0. The average molecular weight is 268 g/mol. The smallest absolute Gasteiger partial charge is 0.248 e. The quantitative estimate of drug-likeness (QED) is 0.804. The van der Waals surface area contributed by atoms with Crippen molar-refractivity contribution in [3.8, 4) is 0 Å². The van der Waals surface area contributed by atoms with Crippen LogP contribution < -0.4 is 16.4 Å². The number of anilines is 2. The average Bonchev–Trinajstić information content (AvgIpc) is 2.47. The van der Waals surface area contributed by atoms with E-state index in [1.165, 1.54) is 11.1 Å². The summed E-state index contributed by atoms with van der Waals surface area (Å²) in [5, 5.41) is 0. The summed E-state index contributed by atoms with van der Waals surface area (Å²) in [5.74, 6) is 0.338. The van der Waals surface area contributed by atoms with Gasteiger partial charge in [0.15, 0.2) is 0 Å². The maximum absolute atomic E-state index is 11.2. The van der Waals surface area contributed by atoms with Crippen LogP contribution in [-0.2, 0) is 13.0 Å². The van der Waals surface area contributed by atoms with Gasteiger partial charge in [-0.25, -0.2) is 4.98 Å². The van der Waals surface area contributed by atoms with Crippen molar-refractivity contribution in [3.05, 3.63) is 53.2 Å². The third-order valence-electron chi connectivity index (χ3n) is 3.66. The zero-order valence-corrected chi connectivity index (χ0v) is 11.0. The lowest BCUT2D eigenvalue weighted by molar-refractivity contribution is 0.1000. The van der Waals surface area contributed by atoms with Crippen LogP contribution in [0, 0.1) is 0 Å². The third kappa shape index (κ3) is 2.18. The first-order valence-corrected chi connectivity index (χ1v) is 6.52. The van der Waals surface area contributed by atoms with Crippen molar-refractivity contribution in [2.24, 2.45) is 5.73 Å². The Labute approximate surface area is 117 Å². The Morgan fingerprint density at radius 3 is 2.95 bits per heavy atom. The van der Waals surface area contributed by atoms with Crippen LogP contribution in [0.4, 0.5) is 11.5 Å². The molecule has 102 valence electrons. The molecule has 0 radical (unpaired) electrons. The molecule has 0 saturated carbocycles. The highest BCUT2D eigenvalue weighted by Crippen LogP contribution is 2.26. The molecule has 3 rings (SSSR count). The van der Waals surface area contributed by atoms with Gasteiger partial charge >= 0.3 is 0 Å². The first-order valence-electron chi connectivity index (χ1n) is 6.52. The van der Waals surface area contributed by atoms with E-state index in [1.54, 1.807) is 18.3 Å². The number of rotatable bonds is 2. The number of aromatic nitrogens is 1. The number of carbonyl (C=O) groups excluding carboxylic acids is 1. The molecular formula is C15H16N4O. The third-order valence-corrected chi connectivity index (χ3v) is 3.66. The van der Waals surface area contributed by atoms with Gasteiger partial charge in [-0.15, -0.1) is 0 Å². The summed E-state index contributed by atoms with van der Waals surface area (Å²) in [6, 6.07) is 9.34. The number of benzene rings is 1. The van der Waals surface area contributed by atoms with Crippen molar-refractivity contribution < 1.29 is 4.79 Å². The number of hydrogen-bond acceptors (Lipinski definition) is 4. The largest absolute Gasteiger partial charge is 0.398 e. The zero-order chi connectivity index (χ0) is 14.1. The van der Waals surface area contributed by atoms with Crippen molar-refractivity contribution in [2.45, 2.75) is 13.0 Å². The summed E-state index contributed by atoms with van der Waals surface area (Å²) in [4.78, 5) is 17.7. The molecule has 20 heavy (non-hydrogen) atoms. The van der Waals surface area contributed by atoms with E-state index in [2.05, 4.69) is 16.0 Å². The summed E-state index contributed by atoms with van der Waals surface area (Å²) >= 11 is 0. The predicted molar refractivity (Wildman–Crippen MR) is 78.4 cm³/mol. The number of nitrogen functional groups attached to an aromatic ring is 1. The topological polar surface area (TPSA) is 85.2 Å². The first-order chi connectivity index (χ1) is 9.65. The number of fused-ring (bicyclic) bond motifs is 1. The molecule has 0 bridgehead atoms. The second kappa shape index (κ2) is 4.85. The molecule has 0 saturated heterocycles. The second-order valence-corrected chi connectivity index (χ2v) is 4.92. The van der Waals surface area contributed by atoms with Crippen LogP contribution in [0.1, 0.15) is 21.5 Å². The molecule has 1 aromatic carbocycles. The van der Waals surface area contributed by atoms with Crippen LogP contribution in [-0.4, -0.2) is 17.4 Å². The molecule has 0 unspecified atom stereocenters. The molecule has 1 aliphatic heterocycles. The van der Waals surface area contributed by atoms with Crippen LogP contribution in [0.5, 0.6) is 0 Å². The Kier molecular flexibility index (Phi) is 3.02. The van der Waals surface area contributed by atoms with Gasteiger partial charge < -0.3 is 16.4 Å². The van der Waals surface area contributed by atoms with E-state index in [0.717, 1.165) is 31.0 Å². The van der Waals surface area contributed by atoms with E-state index in [0.29, 0.717) is 5.56 Å². The number of carbonyl (C=O) groups is 1. The number of nitrogens with two attached hydrogens (primary N) is 2. The van der Waals surface area contributed by atoms with E-state index in [4.69, 9.17) is 11.5 Å². The Bertz CT molecular complexity index is 669. The summed E-state index contributed by atoms with van der Waals surface area (Å²) in [5.41, 5.74) is 15.1. The molecule has 0 atom stereocenters. The molecule has 4 N–H and O–H groups in total. The predicted octanol–water partition coefficient (Wildman–Crippen LogP) is 1.33. The number of primary amides is 1. The number of nitrogens with zero attached hydrogens (tertiary/aromatic N) is 2. The van der Waals surface area contributed by atoms with Gasteiger partial charge in [0, 0.05) is 30.5 Å². The van der Waals surface area contributed by atoms with Gasteiger partial charge in [-0.2, -0.15) is 0 Å². The van der Waals surface area contributed by atoms with Crippen LogP contribution in [0.15, 0.2) is 36.5 Å². The van der Waals surface area contributed by atoms with Gasteiger partial charge in [0.2, 0.25) is 5.91 Å². The lowest BCUT2D eigenvalue weighted by atomic mass is 9.98. The van der Waals surface area contributed by atoms with Crippen molar-refractivity contribution >= 4 is 17.4 Å². The minimum atomic E-state index is -0.435. The van der Waals surface area contributed by atoms with Gasteiger partial charge in [-0.1, -0.05) is 12.1 Å². The number of hydrogen-bond donors (Lipinski definition) is 2. The van der Waals surface area contributed by atoms with Crippen molar-refractivity contribution in [1.82, 2.24) is 4.98 Å². The highest BCUT2D eigenvalue weighted by atomic mass is 16.1. The Balaban J connectivity index is 1.90. The van der Waals surface area contributed by atoms with E-state index in [-0.39, 0.29) is 0 Å². The van der Waals surface area contributed by atoms with Crippen molar-refractivity contribution in [1.29, 1.82) is 0 Å². The minimum Gasteiger partial charge on any atom is -0.398 e. The van der Waals surface area contributed by atoms with Crippen molar-refractivity contribution in [3.63, 3.8) is 0 Å². The number of amides is 1. The van der Waals surface area contributed by atoms with Gasteiger partial charge in [-0.05, 0) is 35.7 Å². The van der Waals surface area contributed by atoms with E-state index in [9.17, 15) is 4.79 Å². The molecule has 0 aliphatic carbocycles. The molecule has 5 nitrogen and oxygen atoms in total. The maximum Gasteiger partial charge on any atom is 0.248 e. The van der Waals surface area contributed by atoms with E-state index >= 15 is 0 Å². The Morgan fingerprint density at radius 2 is 2.15 bits per heavy atom. The molecule has 2 heterocycles. The monoisotopic (exact) mass is 268 g/mol. The molecular weight excluding hydrogens is 252 g/mol. The lowest BCUT2D eigenvalue weighted by Gasteiger charge is -2.30. The molecule has 0 fully saturated rings. The Hall–Kier alpha value is -2.56. The fraction of sp³-hybridized carbons (Fsp3) is 0.200.